The first-order valence-corrected chi connectivity index (χ1v) is 6.43. The van der Waals surface area contributed by atoms with Gasteiger partial charge in [-0.2, -0.15) is 0 Å². The van der Waals surface area contributed by atoms with Crippen molar-refractivity contribution in [2.24, 2.45) is 5.92 Å². The average Bonchev–Trinajstić information content (AvgIpc) is 2.83. The van der Waals surface area contributed by atoms with Crippen LogP contribution in [0, 0.1) is 5.92 Å². The number of carbonyl (C=O) groups is 1. The van der Waals surface area contributed by atoms with Crippen LogP contribution in [-0.4, -0.2) is 25.6 Å². The third kappa shape index (κ3) is 3.80. The first-order valence-electron chi connectivity index (χ1n) is 5.64. The van der Waals surface area contributed by atoms with E-state index in [-0.39, 0.29) is 5.91 Å². The quantitative estimate of drug-likeness (QED) is 0.832. The van der Waals surface area contributed by atoms with Gasteiger partial charge in [-0.15, -0.1) is 0 Å². The number of rotatable bonds is 4. The van der Waals surface area contributed by atoms with Crippen LogP contribution in [-0.2, 0) is 4.84 Å². The molecule has 1 atom stereocenters. The first-order chi connectivity index (χ1) is 8.25. The zero-order chi connectivity index (χ0) is 12.1. The number of hydrogen-bond donors (Lipinski definition) is 2. The van der Waals surface area contributed by atoms with Crippen molar-refractivity contribution in [3.63, 3.8) is 0 Å². The van der Waals surface area contributed by atoms with Crippen LogP contribution in [0.4, 0.5) is 0 Å². The second-order valence-corrected chi connectivity index (χ2v) is 5.02. The number of benzene rings is 1. The minimum atomic E-state index is -0.205. The number of amides is 1. The minimum Gasteiger partial charge on any atom is -0.316 e. The second kappa shape index (κ2) is 6.14. The van der Waals surface area contributed by atoms with Gasteiger partial charge >= 0.3 is 0 Å². The zero-order valence-electron chi connectivity index (χ0n) is 9.41. The highest BCUT2D eigenvalue weighted by Gasteiger charge is 2.15. The lowest BCUT2D eigenvalue weighted by Gasteiger charge is -2.09. The fraction of sp³-hybridized carbons (Fsp3) is 0.417. The molecule has 2 rings (SSSR count). The van der Waals surface area contributed by atoms with E-state index in [0.29, 0.717) is 18.1 Å². The lowest BCUT2D eigenvalue weighted by molar-refractivity contribution is 0.0188. The second-order valence-electron chi connectivity index (χ2n) is 4.11. The van der Waals surface area contributed by atoms with E-state index < -0.39 is 0 Å². The lowest BCUT2D eigenvalue weighted by atomic mass is 10.1. The summed E-state index contributed by atoms with van der Waals surface area (Å²) in [4.78, 5) is 16.9. The van der Waals surface area contributed by atoms with Gasteiger partial charge in [-0.05, 0) is 43.1 Å². The Labute approximate surface area is 109 Å². The molecule has 0 aliphatic carbocycles. The van der Waals surface area contributed by atoms with Crippen molar-refractivity contribution in [3.05, 3.63) is 34.3 Å². The Morgan fingerprint density at radius 3 is 2.88 bits per heavy atom. The summed E-state index contributed by atoms with van der Waals surface area (Å²) in [6.07, 6.45) is 1.11. The molecule has 1 unspecified atom stereocenters. The van der Waals surface area contributed by atoms with Crippen LogP contribution in [0.2, 0.25) is 0 Å². The fourth-order valence-corrected chi connectivity index (χ4v) is 2.01. The van der Waals surface area contributed by atoms with Gasteiger partial charge in [-0.1, -0.05) is 15.9 Å². The minimum absolute atomic E-state index is 0.205. The van der Waals surface area contributed by atoms with Crippen molar-refractivity contribution >= 4 is 21.8 Å². The van der Waals surface area contributed by atoms with Crippen molar-refractivity contribution in [2.75, 3.05) is 19.7 Å². The maximum atomic E-state index is 11.7. The van der Waals surface area contributed by atoms with Crippen LogP contribution < -0.4 is 10.8 Å². The number of hydrogen-bond acceptors (Lipinski definition) is 3. The van der Waals surface area contributed by atoms with Crippen LogP contribution in [0.1, 0.15) is 16.8 Å². The van der Waals surface area contributed by atoms with E-state index in [1.165, 1.54) is 0 Å². The molecule has 1 saturated heterocycles. The normalized spacial score (nSPS) is 19.2. The predicted molar refractivity (Wildman–Crippen MR) is 68.5 cm³/mol. The Morgan fingerprint density at radius 2 is 2.24 bits per heavy atom. The van der Waals surface area contributed by atoms with E-state index in [0.717, 1.165) is 24.0 Å². The van der Waals surface area contributed by atoms with Gasteiger partial charge in [0.05, 0.1) is 6.61 Å². The Balaban J connectivity index is 1.75. The standard InChI is InChI=1S/C12H15BrN2O2/c13-11-3-1-10(2-4-11)12(16)15-17-8-9-5-6-14-7-9/h1-4,9,14H,5-8H2,(H,15,16). The third-order valence-corrected chi connectivity index (χ3v) is 3.28. The summed E-state index contributed by atoms with van der Waals surface area (Å²) in [5.41, 5.74) is 3.06. The maximum Gasteiger partial charge on any atom is 0.274 e. The Kier molecular flexibility index (Phi) is 4.53. The van der Waals surface area contributed by atoms with Gasteiger partial charge in [-0.3, -0.25) is 9.63 Å². The molecule has 5 heteroatoms. The van der Waals surface area contributed by atoms with E-state index in [9.17, 15) is 4.79 Å². The highest BCUT2D eigenvalue weighted by molar-refractivity contribution is 9.10. The fourth-order valence-electron chi connectivity index (χ4n) is 1.74. The van der Waals surface area contributed by atoms with Gasteiger partial charge in [0.2, 0.25) is 0 Å². The van der Waals surface area contributed by atoms with E-state index in [2.05, 4.69) is 26.7 Å². The van der Waals surface area contributed by atoms with Gasteiger partial charge in [0.25, 0.3) is 5.91 Å². The van der Waals surface area contributed by atoms with Crippen molar-refractivity contribution < 1.29 is 9.63 Å². The van der Waals surface area contributed by atoms with Crippen molar-refractivity contribution in [1.82, 2.24) is 10.8 Å². The lowest BCUT2D eigenvalue weighted by Crippen LogP contribution is -2.27. The molecular weight excluding hydrogens is 284 g/mol. The average molecular weight is 299 g/mol. The van der Waals surface area contributed by atoms with E-state index in [4.69, 9.17) is 4.84 Å². The highest BCUT2D eigenvalue weighted by atomic mass is 79.9. The third-order valence-electron chi connectivity index (χ3n) is 2.75. The van der Waals surface area contributed by atoms with Gasteiger partial charge in [-0.25, -0.2) is 5.48 Å². The van der Waals surface area contributed by atoms with E-state index in [1.54, 1.807) is 12.1 Å². The molecule has 0 radical (unpaired) electrons. The van der Waals surface area contributed by atoms with Crippen molar-refractivity contribution in [1.29, 1.82) is 0 Å². The van der Waals surface area contributed by atoms with Crippen LogP contribution in [0.5, 0.6) is 0 Å². The molecule has 0 bridgehead atoms. The van der Waals surface area contributed by atoms with Crippen LogP contribution in [0.3, 0.4) is 0 Å². The Hall–Kier alpha value is -0.910. The van der Waals surface area contributed by atoms with Crippen molar-refractivity contribution in [3.8, 4) is 0 Å². The molecule has 1 aliphatic heterocycles. The van der Waals surface area contributed by atoms with E-state index in [1.807, 2.05) is 12.1 Å². The molecule has 0 spiro atoms. The molecule has 1 fully saturated rings. The van der Waals surface area contributed by atoms with Gasteiger partial charge in [0.15, 0.2) is 0 Å². The van der Waals surface area contributed by atoms with Crippen LogP contribution in [0.15, 0.2) is 28.7 Å². The molecule has 17 heavy (non-hydrogen) atoms. The smallest absolute Gasteiger partial charge is 0.274 e. The molecular formula is C12H15BrN2O2. The topological polar surface area (TPSA) is 50.4 Å². The monoisotopic (exact) mass is 298 g/mol. The molecule has 1 aromatic rings. The summed E-state index contributed by atoms with van der Waals surface area (Å²) < 4.78 is 0.951. The molecule has 92 valence electrons. The summed E-state index contributed by atoms with van der Waals surface area (Å²) in [6, 6.07) is 7.16. The zero-order valence-corrected chi connectivity index (χ0v) is 11.0. The molecule has 0 aromatic heterocycles. The summed E-state index contributed by atoms with van der Waals surface area (Å²) in [5, 5.41) is 3.25. The van der Waals surface area contributed by atoms with Gasteiger partial charge < -0.3 is 5.32 Å². The first kappa shape index (κ1) is 12.5. The number of halogens is 1. The summed E-state index contributed by atoms with van der Waals surface area (Å²) in [6.45, 7) is 2.57. The highest BCUT2D eigenvalue weighted by Crippen LogP contribution is 2.10. The molecule has 4 nitrogen and oxygen atoms in total. The van der Waals surface area contributed by atoms with E-state index >= 15 is 0 Å². The van der Waals surface area contributed by atoms with Crippen LogP contribution in [0.25, 0.3) is 0 Å². The number of hydroxylamine groups is 1. The number of nitrogens with one attached hydrogen (secondary N) is 2. The molecule has 2 N–H and O–H groups in total. The predicted octanol–water partition coefficient (Wildman–Crippen LogP) is 1.72. The van der Waals surface area contributed by atoms with Crippen molar-refractivity contribution in [2.45, 2.75) is 6.42 Å². The Morgan fingerprint density at radius 1 is 1.47 bits per heavy atom. The number of carbonyl (C=O) groups excluding carboxylic acids is 1. The molecule has 1 heterocycles. The SMILES string of the molecule is O=C(NOCC1CCNC1)c1ccc(Br)cc1. The Bertz CT molecular complexity index is 375. The largest absolute Gasteiger partial charge is 0.316 e. The summed E-state index contributed by atoms with van der Waals surface area (Å²) in [5.74, 6) is 0.295. The molecule has 0 saturated carbocycles. The maximum absolute atomic E-state index is 11.7. The summed E-state index contributed by atoms with van der Waals surface area (Å²) in [7, 11) is 0. The van der Waals surface area contributed by atoms with Gasteiger partial charge in [0.1, 0.15) is 0 Å². The summed E-state index contributed by atoms with van der Waals surface area (Å²) >= 11 is 3.32. The molecule has 1 aromatic carbocycles. The molecule has 1 aliphatic rings. The van der Waals surface area contributed by atoms with Gasteiger partial charge in [0, 0.05) is 16.6 Å². The van der Waals surface area contributed by atoms with Crippen LogP contribution >= 0.6 is 15.9 Å². The molecule has 1 amide bonds.